The molecule has 21 heavy (non-hydrogen) atoms. The number of nitrogens with zero attached hydrogens (tertiary/aromatic N) is 3. The molecule has 0 aromatic carbocycles. The van der Waals surface area contributed by atoms with Crippen molar-refractivity contribution in [2.45, 2.75) is 40.0 Å². The monoisotopic (exact) mass is 287 g/mol. The maximum absolute atomic E-state index is 12.9. The summed E-state index contributed by atoms with van der Waals surface area (Å²) in [6.45, 7) is 7.74. The van der Waals surface area contributed by atoms with E-state index in [1.807, 2.05) is 24.8 Å². The smallest absolute Gasteiger partial charge is 0.258 e. The second kappa shape index (κ2) is 5.47. The highest BCUT2D eigenvalue weighted by atomic mass is 16.5. The molecule has 0 saturated carbocycles. The third kappa shape index (κ3) is 2.52. The summed E-state index contributed by atoms with van der Waals surface area (Å²) in [5.74, 6) is 0.643. The molecule has 0 N–H and O–H groups in total. The first-order valence-electron chi connectivity index (χ1n) is 7.65. The van der Waals surface area contributed by atoms with Gasteiger partial charge in [-0.2, -0.15) is 0 Å². The van der Waals surface area contributed by atoms with Gasteiger partial charge in [0.05, 0.1) is 16.6 Å². The van der Waals surface area contributed by atoms with Gasteiger partial charge in [-0.3, -0.25) is 4.79 Å². The van der Waals surface area contributed by atoms with Crippen LogP contribution in [0.15, 0.2) is 10.6 Å². The molecule has 5 nitrogen and oxygen atoms in total. The first-order chi connectivity index (χ1) is 10.1. The molecular formula is C16H21N3O2. The molecule has 1 saturated heterocycles. The van der Waals surface area contributed by atoms with Crippen LogP contribution in [0.3, 0.4) is 0 Å². The molecule has 2 aromatic heterocycles. The number of hydrogen-bond acceptors (Lipinski definition) is 4. The number of fused-ring (bicyclic) bond motifs is 1. The Labute approximate surface area is 124 Å². The lowest BCUT2D eigenvalue weighted by Gasteiger charge is -2.31. The van der Waals surface area contributed by atoms with Gasteiger partial charge in [-0.15, -0.1) is 0 Å². The molecule has 1 amide bonds. The van der Waals surface area contributed by atoms with E-state index in [0.717, 1.165) is 42.7 Å². The van der Waals surface area contributed by atoms with Gasteiger partial charge in [-0.05, 0) is 38.2 Å². The summed E-state index contributed by atoms with van der Waals surface area (Å²) >= 11 is 0. The lowest BCUT2D eigenvalue weighted by atomic mass is 9.99. The maximum Gasteiger partial charge on any atom is 0.258 e. The van der Waals surface area contributed by atoms with Crippen molar-refractivity contribution in [2.24, 2.45) is 5.92 Å². The molecule has 3 heterocycles. The number of aryl methyl sites for hydroxylation is 2. The predicted octanol–water partition coefficient (Wildman–Crippen LogP) is 2.97. The molecule has 1 aliphatic rings. The van der Waals surface area contributed by atoms with Crippen LogP contribution in [0.4, 0.5) is 0 Å². The van der Waals surface area contributed by atoms with Gasteiger partial charge in [-0.1, -0.05) is 19.0 Å². The van der Waals surface area contributed by atoms with E-state index < -0.39 is 0 Å². The number of amides is 1. The Balaban J connectivity index is 2.05. The molecular weight excluding hydrogens is 266 g/mol. The van der Waals surface area contributed by atoms with Gasteiger partial charge in [0, 0.05) is 18.8 Å². The average Bonchev–Trinajstić information content (AvgIpc) is 2.87. The number of piperidine rings is 1. The molecule has 1 aliphatic heterocycles. The second-order valence-corrected chi connectivity index (χ2v) is 5.96. The van der Waals surface area contributed by atoms with Crippen molar-refractivity contribution in [3.63, 3.8) is 0 Å². The molecule has 2 aromatic rings. The Morgan fingerprint density at radius 1 is 1.52 bits per heavy atom. The lowest BCUT2D eigenvalue weighted by molar-refractivity contribution is 0.0685. The Morgan fingerprint density at radius 3 is 3.05 bits per heavy atom. The zero-order valence-electron chi connectivity index (χ0n) is 12.8. The van der Waals surface area contributed by atoms with Crippen LogP contribution in [0, 0.1) is 12.8 Å². The SMILES string of the molecule is CCc1cc(C(=O)N2CCC[C@H](C)C2)c2c(C)noc2n1. The van der Waals surface area contributed by atoms with Crippen molar-refractivity contribution < 1.29 is 9.32 Å². The standard InChI is InChI=1S/C16H21N3O2/c1-4-12-8-13(14-11(3)18-21-15(14)17-12)16(20)19-7-5-6-10(2)9-19/h8,10H,4-7,9H2,1-3H3/t10-/m0/s1. The topological polar surface area (TPSA) is 59.2 Å². The van der Waals surface area contributed by atoms with Crippen molar-refractivity contribution in [1.82, 2.24) is 15.0 Å². The summed E-state index contributed by atoms with van der Waals surface area (Å²) in [4.78, 5) is 19.3. The van der Waals surface area contributed by atoms with Crippen LogP contribution < -0.4 is 0 Å². The normalized spacial score (nSPS) is 19.2. The van der Waals surface area contributed by atoms with E-state index in [0.29, 0.717) is 17.2 Å². The second-order valence-electron chi connectivity index (χ2n) is 5.96. The summed E-state index contributed by atoms with van der Waals surface area (Å²) in [6.07, 6.45) is 3.04. The molecule has 0 bridgehead atoms. The van der Waals surface area contributed by atoms with Crippen molar-refractivity contribution in [2.75, 3.05) is 13.1 Å². The maximum atomic E-state index is 12.9. The minimum atomic E-state index is 0.0787. The highest BCUT2D eigenvalue weighted by molar-refractivity contribution is 6.06. The molecule has 5 heteroatoms. The first-order valence-corrected chi connectivity index (χ1v) is 7.65. The first kappa shape index (κ1) is 14.0. The number of aromatic nitrogens is 2. The van der Waals surface area contributed by atoms with Crippen LogP contribution in [-0.4, -0.2) is 34.0 Å². The van der Waals surface area contributed by atoms with E-state index in [9.17, 15) is 4.79 Å². The van der Waals surface area contributed by atoms with Crippen LogP contribution in [0.1, 0.15) is 48.4 Å². The van der Waals surface area contributed by atoms with E-state index in [-0.39, 0.29) is 5.91 Å². The molecule has 1 atom stereocenters. The largest absolute Gasteiger partial charge is 0.338 e. The predicted molar refractivity (Wildman–Crippen MR) is 80.2 cm³/mol. The highest BCUT2D eigenvalue weighted by Crippen LogP contribution is 2.25. The Morgan fingerprint density at radius 2 is 2.33 bits per heavy atom. The van der Waals surface area contributed by atoms with Crippen LogP contribution in [-0.2, 0) is 6.42 Å². The summed E-state index contributed by atoms with van der Waals surface area (Å²) in [7, 11) is 0. The summed E-state index contributed by atoms with van der Waals surface area (Å²) < 4.78 is 5.26. The Hall–Kier alpha value is -1.91. The zero-order valence-corrected chi connectivity index (χ0v) is 12.8. The molecule has 0 unspecified atom stereocenters. The van der Waals surface area contributed by atoms with E-state index in [4.69, 9.17) is 4.52 Å². The van der Waals surface area contributed by atoms with Crippen LogP contribution in [0.25, 0.3) is 11.1 Å². The van der Waals surface area contributed by atoms with E-state index in [2.05, 4.69) is 17.1 Å². The molecule has 1 fully saturated rings. The minimum absolute atomic E-state index is 0.0787. The molecule has 3 rings (SSSR count). The van der Waals surface area contributed by atoms with Crippen molar-refractivity contribution in [1.29, 1.82) is 0 Å². The van der Waals surface area contributed by atoms with E-state index in [1.54, 1.807) is 0 Å². The van der Waals surface area contributed by atoms with Gasteiger partial charge >= 0.3 is 0 Å². The number of pyridine rings is 1. The lowest BCUT2D eigenvalue weighted by Crippen LogP contribution is -2.39. The van der Waals surface area contributed by atoms with E-state index >= 15 is 0 Å². The summed E-state index contributed by atoms with van der Waals surface area (Å²) in [6, 6.07) is 1.90. The Bertz CT molecular complexity index is 677. The number of carbonyl (C=O) groups excluding carboxylic acids is 1. The third-order valence-electron chi connectivity index (χ3n) is 4.21. The third-order valence-corrected chi connectivity index (χ3v) is 4.21. The fourth-order valence-electron chi connectivity index (χ4n) is 3.04. The number of rotatable bonds is 2. The average molecular weight is 287 g/mol. The van der Waals surface area contributed by atoms with Gasteiger partial charge in [0.1, 0.15) is 0 Å². The summed E-state index contributed by atoms with van der Waals surface area (Å²) in [5.41, 5.74) is 2.76. The molecule has 0 spiro atoms. The number of carbonyl (C=O) groups is 1. The van der Waals surface area contributed by atoms with Crippen LogP contribution in [0.5, 0.6) is 0 Å². The van der Waals surface area contributed by atoms with Crippen molar-refractivity contribution in [3.05, 3.63) is 23.0 Å². The number of likely N-dealkylation sites (tertiary alicyclic amines) is 1. The quantitative estimate of drug-likeness (QED) is 0.852. The van der Waals surface area contributed by atoms with Gasteiger partial charge < -0.3 is 9.42 Å². The van der Waals surface area contributed by atoms with Gasteiger partial charge in [0.25, 0.3) is 11.6 Å². The van der Waals surface area contributed by atoms with Crippen LogP contribution in [0.2, 0.25) is 0 Å². The molecule has 0 radical (unpaired) electrons. The fraction of sp³-hybridized carbons (Fsp3) is 0.562. The van der Waals surface area contributed by atoms with Crippen molar-refractivity contribution >= 4 is 17.0 Å². The summed E-state index contributed by atoms with van der Waals surface area (Å²) in [5, 5.41) is 4.73. The van der Waals surface area contributed by atoms with Gasteiger partial charge in [0.2, 0.25) is 0 Å². The van der Waals surface area contributed by atoms with Crippen molar-refractivity contribution in [3.8, 4) is 0 Å². The van der Waals surface area contributed by atoms with Gasteiger partial charge in [0.15, 0.2) is 0 Å². The fourth-order valence-corrected chi connectivity index (χ4v) is 3.04. The van der Waals surface area contributed by atoms with Gasteiger partial charge in [-0.25, -0.2) is 4.98 Å². The zero-order chi connectivity index (χ0) is 15.0. The van der Waals surface area contributed by atoms with Crippen LogP contribution >= 0.6 is 0 Å². The molecule has 112 valence electrons. The highest BCUT2D eigenvalue weighted by Gasteiger charge is 2.26. The van der Waals surface area contributed by atoms with E-state index in [1.165, 1.54) is 6.42 Å². The molecule has 0 aliphatic carbocycles. The Kier molecular flexibility index (Phi) is 3.66. The number of hydrogen-bond donors (Lipinski definition) is 0. The minimum Gasteiger partial charge on any atom is -0.338 e.